The first kappa shape index (κ1) is 23.7. The fraction of sp³-hybridized carbons (Fsp3) is 0.500. The number of H-pyrrole nitrogens is 2. The average molecular weight is 437 g/mol. The molecule has 2 aromatic heterocycles. The van der Waals surface area contributed by atoms with E-state index in [-0.39, 0.29) is 30.5 Å². The summed E-state index contributed by atoms with van der Waals surface area (Å²) in [4.78, 5) is 66.9. The number of carbonyl (C=O) groups is 1. The van der Waals surface area contributed by atoms with E-state index in [1.807, 2.05) is 6.92 Å². The zero-order valence-corrected chi connectivity index (χ0v) is 17.7. The summed E-state index contributed by atoms with van der Waals surface area (Å²) < 4.78 is 7.14. The van der Waals surface area contributed by atoms with Crippen molar-refractivity contribution in [3.63, 3.8) is 0 Å². The number of carbonyl (C=O) groups excluding carboxylic acids is 1. The monoisotopic (exact) mass is 437 g/mol. The molecule has 2 aromatic rings. The van der Waals surface area contributed by atoms with Gasteiger partial charge in [-0.25, -0.2) is 9.59 Å². The minimum Gasteiger partial charge on any atom is -0.384 e. The van der Waals surface area contributed by atoms with Crippen molar-refractivity contribution in [3.8, 4) is 0 Å². The van der Waals surface area contributed by atoms with E-state index in [0.717, 1.165) is 11.0 Å². The highest BCUT2D eigenvalue weighted by Gasteiger charge is 2.23. The van der Waals surface area contributed by atoms with Gasteiger partial charge < -0.3 is 21.1 Å². The SMILES string of the molecule is CCCCn1c(N)c(N(C)CC(=O)c2c(N)n(CCOC)c(=O)[nH]c2=O)c(=O)[nH]c1=O. The molecule has 0 saturated carbocycles. The highest BCUT2D eigenvalue weighted by molar-refractivity contribution is 6.02. The van der Waals surface area contributed by atoms with Crippen LogP contribution in [0, 0.1) is 0 Å². The van der Waals surface area contributed by atoms with Gasteiger partial charge in [-0.3, -0.25) is 33.5 Å². The molecule has 170 valence electrons. The van der Waals surface area contributed by atoms with E-state index in [1.165, 1.54) is 23.6 Å². The molecule has 2 heterocycles. The van der Waals surface area contributed by atoms with Gasteiger partial charge in [0.05, 0.1) is 19.7 Å². The molecule has 0 atom stereocenters. The summed E-state index contributed by atoms with van der Waals surface area (Å²) in [6.45, 7) is 1.95. The number of nitrogen functional groups attached to an aromatic ring is 2. The Morgan fingerprint density at radius 2 is 1.58 bits per heavy atom. The number of likely N-dealkylation sites (N-methyl/N-ethyl adjacent to an activating group) is 1. The van der Waals surface area contributed by atoms with Crippen LogP contribution in [0.1, 0.15) is 30.1 Å². The fourth-order valence-electron chi connectivity index (χ4n) is 3.12. The lowest BCUT2D eigenvalue weighted by atomic mass is 10.1. The molecule has 0 bridgehead atoms. The molecule has 6 N–H and O–H groups in total. The Morgan fingerprint density at radius 1 is 1.00 bits per heavy atom. The van der Waals surface area contributed by atoms with Gasteiger partial charge in [0.1, 0.15) is 22.9 Å². The number of nitrogens with two attached hydrogens (primary N) is 2. The summed E-state index contributed by atoms with van der Waals surface area (Å²) in [7, 11) is 2.84. The predicted octanol–water partition coefficient (Wildman–Crippen LogP) is -1.68. The zero-order valence-electron chi connectivity index (χ0n) is 17.7. The molecule has 0 aromatic carbocycles. The molecule has 0 unspecified atom stereocenters. The summed E-state index contributed by atoms with van der Waals surface area (Å²) in [5, 5.41) is 0. The lowest BCUT2D eigenvalue weighted by Crippen LogP contribution is -2.41. The van der Waals surface area contributed by atoms with Crippen molar-refractivity contribution in [1.29, 1.82) is 0 Å². The Kier molecular flexibility index (Phi) is 7.58. The number of Topliss-reactive ketones (excluding diaryl/α,β-unsaturated/α-hetero) is 1. The smallest absolute Gasteiger partial charge is 0.330 e. The van der Waals surface area contributed by atoms with Crippen molar-refractivity contribution in [2.45, 2.75) is 32.9 Å². The molecule has 0 aliphatic rings. The summed E-state index contributed by atoms with van der Waals surface area (Å²) in [5.74, 6) is -1.14. The molecule has 2 rings (SSSR count). The number of ketones is 1. The van der Waals surface area contributed by atoms with E-state index < -0.39 is 40.4 Å². The number of ether oxygens (including phenoxy) is 1. The molecule has 31 heavy (non-hydrogen) atoms. The summed E-state index contributed by atoms with van der Waals surface area (Å²) in [5.41, 5.74) is 8.31. The molecule has 0 aliphatic heterocycles. The van der Waals surface area contributed by atoms with Gasteiger partial charge in [0, 0.05) is 20.7 Å². The van der Waals surface area contributed by atoms with Crippen LogP contribution in [-0.4, -0.2) is 52.2 Å². The minimum absolute atomic E-state index is 0.0308. The minimum atomic E-state index is -0.940. The topological polar surface area (TPSA) is 191 Å². The number of aromatic nitrogens is 4. The van der Waals surface area contributed by atoms with E-state index >= 15 is 0 Å². The molecular weight excluding hydrogens is 410 g/mol. The molecular formula is C18H27N7O6. The third kappa shape index (κ3) is 4.94. The number of nitrogens with one attached hydrogen (secondary N) is 2. The number of methoxy groups -OCH3 is 1. The van der Waals surface area contributed by atoms with E-state index in [1.54, 1.807) is 0 Å². The third-order valence-electron chi connectivity index (χ3n) is 4.75. The first-order valence-corrected chi connectivity index (χ1v) is 9.62. The maximum Gasteiger partial charge on any atom is 0.330 e. The fourth-order valence-corrected chi connectivity index (χ4v) is 3.12. The predicted molar refractivity (Wildman–Crippen MR) is 116 cm³/mol. The van der Waals surface area contributed by atoms with Gasteiger partial charge >= 0.3 is 11.4 Å². The molecule has 0 saturated heterocycles. The van der Waals surface area contributed by atoms with Crippen molar-refractivity contribution in [2.75, 3.05) is 43.7 Å². The molecule has 0 fully saturated rings. The Hall–Kier alpha value is -3.61. The highest BCUT2D eigenvalue weighted by Crippen LogP contribution is 2.16. The second-order valence-electron chi connectivity index (χ2n) is 6.94. The van der Waals surface area contributed by atoms with Gasteiger partial charge in [0.15, 0.2) is 5.78 Å². The molecule has 0 amide bonds. The van der Waals surface area contributed by atoms with Gasteiger partial charge in [-0.15, -0.1) is 0 Å². The van der Waals surface area contributed by atoms with Crippen LogP contribution in [0.3, 0.4) is 0 Å². The number of aromatic amines is 2. The van der Waals surface area contributed by atoms with E-state index in [0.29, 0.717) is 13.0 Å². The number of nitrogens with zero attached hydrogens (tertiary/aromatic N) is 3. The standard InChI is InChI=1S/C18H27N7O6/c1-4-5-6-24-14(20)12(16(28)22-18(24)30)23(2)9-10(26)11-13(19)25(7-8-31-3)17(29)21-15(11)27/h4-9,19-20H2,1-3H3,(H,21,27,29)(H,22,28,30). The lowest BCUT2D eigenvalue weighted by molar-refractivity contribution is 0.0998. The molecule has 0 spiro atoms. The van der Waals surface area contributed by atoms with Crippen LogP contribution in [0.5, 0.6) is 0 Å². The Balaban J connectivity index is 2.44. The Labute approximate surface area is 176 Å². The normalized spacial score (nSPS) is 10.9. The van der Waals surface area contributed by atoms with Crippen molar-refractivity contribution < 1.29 is 9.53 Å². The summed E-state index contributed by atoms with van der Waals surface area (Å²) in [6.07, 6.45) is 1.46. The number of rotatable bonds is 10. The van der Waals surface area contributed by atoms with Crippen molar-refractivity contribution in [1.82, 2.24) is 19.1 Å². The lowest BCUT2D eigenvalue weighted by Gasteiger charge is -2.21. The zero-order chi connectivity index (χ0) is 23.3. The van der Waals surface area contributed by atoms with Crippen LogP contribution in [-0.2, 0) is 17.8 Å². The van der Waals surface area contributed by atoms with Crippen molar-refractivity contribution in [3.05, 3.63) is 47.2 Å². The van der Waals surface area contributed by atoms with Crippen molar-refractivity contribution >= 4 is 23.1 Å². The van der Waals surface area contributed by atoms with Crippen LogP contribution < -0.4 is 38.9 Å². The first-order valence-electron chi connectivity index (χ1n) is 9.62. The van der Waals surface area contributed by atoms with E-state index in [4.69, 9.17) is 16.2 Å². The van der Waals surface area contributed by atoms with Gasteiger partial charge in [0.25, 0.3) is 11.1 Å². The molecule has 13 nitrogen and oxygen atoms in total. The van der Waals surface area contributed by atoms with Gasteiger partial charge in [-0.2, -0.15) is 0 Å². The molecule has 0 aliphatic carbocycles. The van der Waals surface area contributed by atoms with Crippen LogP contribution >= 0.6 is 0 Å². The summed E-state index contributed by atoms with van der Waals surface area (Å²) >= 11 is 0. The molecule has 0 radical (unpaired) electrons. The largest absolute Gasteiger partial charge is 0.384 e. The number of anilines is 3. The highest BCUT2D eigenvalue weighted by atomic mass is 16.5. The maximum absolute atomic E-state index is 12.8. The number of hydrogen-bond acceptors (Lipinski definition) is 9. The number of unbranched alkanes of at least 4 members (excludes halogenated alkanes) is 1. The van der Waals surface area contributed by atoms with Gasteiger partial charge in [-0.1, -0.05) is 13.3 Å². The Morgan fingerprint density at radius 3 is 2.16 bits per heavy atom. The second-order valence-corrected chi connectivity index (χ2v) is 6.94. The first-order chi connectivity index (χ1) is 14.6. The average Bonchev–Trinajstić information content (AvgIpc) is 2.67. The summed E-state index contributed by atoms with van der Waals surface area (Å²) in [6, 6.07) is 0. The van der Waals surface area contributed by atoms with E-state index in [2.05, 4.69) is 9.97 Å². The van der Waals surface area contributed by atoms with Crippen molar-refractivity contribution in [2.24, 2.45) is 0 Å². The van der Waals surface area contributed by atoms with Crippen LogP contribution in [0.2, 0.25) is 0 Å². The maximum atomic E-state index is 12.8. The molecule has 13 heteroatoms. The van der Waals surface area contributed by atoms with Crippen LogP contribution in [0.15, 0.2) is 19.2 Å². The number of hydrogen-bond donors (Lipinski definition) is 4. The van der Waals surface area contributed by atoms with Crippen LogP contribution in [0.25, 0.3) is 0 Å². The Bertz CT molecular complexity index is 1190. The third-order valence-corrected chi connectivity index (χ3v) is 4.75. The van der Waals surface area contributed by atoms with Gasteiger partial charge in [-0.05, 0) is 6.42 Å². The van der Waals surface area contributed by atoms with E-state index in [9.17, 15) is 24.0 Å². The van der Waals surface area contributed by atoms with Crippen LogP contribution in [0.4, 0.5) is 17.3 Å². The quantitative estimate of drug-likeness (QED) is 0.314. The second kappa shape index (κ2) is 9.93. The van der Waals surface area contributed by atoms with Gasteiger partial charge in [0.2, 0.25) is 0 Å².